The van der Waals surface area contributed by atoms with Crippen LogP contribution in [0.5, 0.6) is 0 Å². The smallest absolute Gasteiger partial charge is 0.137 e. The largest absolute Gasteiger partial charge is 0.195 e. The summed E-state index contributed by atoms with van der Waals surface area (Å²) in [4.78, 5) is 0. The van der Waals surface area contributed by atoms with Crippen molar-refractivity contribution in [1.82, 2.24) is 0 Å². The van der Waals surface area contributed by atoms with Gasteiger partial charge >= 0.3 is 0 Å². The molecule has 3 heteroatoms. The van der Waals surface area contributed by atoms with Crippen molar-refractivity contribution in [2.24, 2.45) is 0 Å². The molecule has 0 saturated heterocycles. The van der Waals surface area contributed by atoms with E-state index in [2.05, 4.69) is 254 Å². The van der Waals surface area contributed by atoms with Crippen molar-refractivity contribution in [3.8, 4) is 0 Å². The standard InChI is InChI=1S/C27H26PS.C24H20B/c1-29(22-24-14-6-2-7-15-24)23-28(25-16-8-3-9-17-25,26-18-10-4-11-19-26)27-20-12-5-13-21-27;1-5-13-21(14-6-1)25(22-15-7-2-8-16-22,23-17-9-3-10-18-23)24-19-11-4-12-20-24/h2-21,23H,22H2,1H3;1-20H/q+1;-1. The van der Waals surface area contributed by atoms with Gasteiger partial charge in [-0.15, -0.1) is 0 Å². The van der Waals surface area contributed by atoms with Crippen molar-refractivity contribution < 1.29 is 0 Å². The van der Waals surface area contributed by atoms with E-state index in [1.54, 1.807) is 0 Å². The molecule has 54 heavy (non-hydrogen) atoms. The first-order valence-corrected chi connectivity index (χ1v) is 22.4. The van der Waals surface area contributed by atoms with Crippen LogP contribution < -0.4 is 37.8 Å². The molecule has 264 valence electrons. The average molecular weight is 733 g/mol. The summed E-state index contributed by atoms with van der Waals surface area (Å²) in [5.74, 6) is 1.08. The van der Waals surface area contributed by atoms with Gasteiger partial charge in [0.05, 0.1) is 0 Å². The van der Waals surface area contributed by atoms with E-state index in [1.165, 1.54) is 43.3 Å². The minimum absolute atomic E-state index is 0.133. The lowest BCUT2D eigenvalue weighted by Gasteiger charge is -2.44. The van der Waals surface area contributed by atoms with Crippen molar-refractivity contribution >= 4 is 66.8 Å². The number of rotatable bonds is 10. The summed E-state index contributed by atoms with van der Waals surface area (Å²) >= 11 is 0. The van der Waals surface area contributed by atoms with Crippen LogP contribution in [0.3, 0.4) is 0 Å². The van der Waals surface area contributed by atoms with Crippen LogP contribution >= 0.6 is 6.89 Å². The van der Waals surface area contributed by atoms with E-state index < -0.39 is 13.0 Å². The lowest BCUT2D eigenvalue weighted by molar-refractivity contribution is 1.41. The third-order valence-electron chi connectivity index (χ3n) is 10.3. The van der Waals surface area contributed by atoms with Gasteiger partial charge in [-0.2, -0.15) is 21.9 Å². The third kappa shape index (κ3) is 8.02. The van der Waals surface area contributed by atoms with Crippen LogP contribution in [0.2, 0.25) is 0 Å². The van der Waals surface area contributed by atoms with E-state index in [4.69, 9.17) is 0 Å². The highest BCUT2D eigenvalue weighted by atomic mass is 32.2. The maximum absolute atomic E-state index is 2.68. The fraction of sp³-hybridized carbons (Fsp3) is 0.0392. The van der Waals surface area contributed by atoms with Crippen LogP contribution in [0.4, 0.5) is 0 Å². The molecule has 0 bridgehead atoms. The Balaban J connectivity index is 0.000000168. The first-order valence-electron chi connectivity index (χ1n) is 18.7. The number of hydrogen-bond acceptors (Lipinski definition) is 0. The molecule has 0 nitrogen and oxygen atoms in total. The molecular formula is C51H46BPS. The fourth-order valence-corrected chi connectivity index (χ4v) is 15.3. The molecule has 0 aromatic heterocycles. The van der Waals surface area contributed by atoms with Gasteiger partial charge in [-0.25, -0.2) is 0 Å². The predicted octanol–water partition coefficient (Wildman–Crippen LogP) is 8.25. The summed E-state index contributed by atoms with van der Waals surface area (Å²) in [5, 5.41) is 6.94. The molecule has 8 rings (SSSR count). The van der Waals surface area contributed by atoms with E-state index in [0.29, 0.717) is 0 Å². The normalized spacial score (nSPS) is 11.8. The molecule has 8 aromatic carbocycles. The molecule has 0 N–H and O–H groups in total. The summed E-state index contributed by atoms with van der Waals surface area (Å²) in [5.41, 5.74) is 6.76. The highest BCUT2D eigenvalue weighted by Crippen LogP contribution is 2.44. The Hall–Kier alpha value is -5.53. The van der Waals surface area contributed by atoms with Crippen LogP contribution in [0.15, 0.2) is 243 Å². The highest BCUT2D eigenvalue weighted by molar-refractivity contribution is 8.19. The molecule has 0 aliphatic carbocycles. The Morgan fingerprint density at radius 3 is 0.870 bits per heavy atom. The van der Waals surface area contributed by atoms with E-state index in [1.807, 2.05) is 0 Å². The topological polar surface area (TPSA) is 0 Å². The van der Waals surface area contributed by atoms with Gasteiger partial charge in [0.1, 0.15) is 23.3 Å². The molecule has 0 heterocycles. The van der Waals surface area contributed by atoms with Crippen LogP contribution in [0.1, 0.15) is 5.56 Å². The molecular weight excluding hydrogens is 686 g/mol. The van der Waals surface area contributed by atoms with Gasteiger partial charge in [0.25, 0.3) is 0 Å². The minimum atomic E-state index is -1.86. The van der Waals surface area contributed by atoms with Crippen LogP contribution in [0, 0.1) is 0 Å². The Bertz CT molecular complexity index is 2070. The number of benzene rings is 8. The second-order valence-corrected chi connectivity index (χ2v) is 19.2. The SMILES string of the molecule is C[S+](C=P(c1ccccc1)(c1ccccc1)c1ccccc1)Cc1ccccc1.c1ccc([B-](c2ccccc2)(c2ccccc2)c2ccccc2)cc1. The molecule has 0 amide bonds. The van der Waals surface area contributed by atoms with Crippen molar-refractivity contribution in [3.63, 3.8) is 0 Å². The van der Waals surface area contributed by atoms with Crippen LogP contribution in [0.25, 0.3) is 0 Å². The zero-order chi connectivity index (χ0) is 36.9. The molecule has 0 spiro atoms. The summed E-state index contributed by atoms with van der Waals surface area (Å²) < 4.78 is 0. The average Bonchev–Trinajstić information content (AvgIpc) is 3.26. The lowest BCUT2D eigenvalue weighted by atomic mass is 9.13. The fourth-order valence-electron chi connectivity index (χ4n) is 7.89. The summed E-state index contributed by atoms with van der Waals surface area (Å²) in [6.45, 7) is -1.86. The van der Waals surface area contributed by atoms with Crippen LogP contribution in [-0.2, 0) is 16.6 Å². The maximum Gasteiger partial charge on any atom is 0.137 e. The van der Waals surface area contributed by atoms with E-state index in [0.717, 1.165) is 5.75 Å². The van der Waals surface area contributed by atoms with Gasteiger partial charge in [-0.3, -0.25) is 0 Å². The second kappa shape index (κ2) is 18.0. The van der Waals surface area contributed by atoms with Crippen molar-refractivity contribution in [3.05, 3.63) is 248 Å². The quantitative estimate of drug-likeness (QED) is 0.0756. The first-order chi connectivity index (χ1) is 26.7. The van der Waals surface area contributed by atoms with Crippen LogP contribution in [-0.4, -0.2) is 17.5 Å². The summed E-state index contributed by atoms with van der Waals surface area (Å²) in [7, 11) is 0.133. The summed E-state index contributed by atoms with van der Waals surface area (Å²) in [6.07, 6.45) is 1.17. The first kappa shape index (κ1) is 36.8. The van der Waals surface area contributed by atoms with Crippen molar-refractivity contribution in [2.45, 2.75) is 5.75 Å². The van der Waals surface area contributed by atoms with Gasteiger partial charge in [-0.1, -0.05) is 243 Å². The molecule has 0 saturated carbocycles. The predicted molar refractivity (Wildman–Crippen MR) is 245 cm³/mol. The zero-order valence-corrected chi connectivity index (χ0v) is 32.5. The van der Waals surface area contributed by atoms with Gasteiger partial charge in [0.15, 0.2) is 0 Å². The molecule has 0 fully saturated rings. The van der Waals surface area contributed by atoms with Gasteiger partial charge < -0.3 is 0 Å². The van der Waals surface area contributed by atoms with Gasteiger partial charge in [-0.05, 0) is 15.9 Å². The molecule has 1 unspecified atom stereocenters. The third-order valence-corrected chi connectivity index (χ3v) is 17.1. The second-order valence-electron chi connectivity index (χ2n) is 13.7. The molecule has 0 aliphatic rings. The van der Waals surface area contributed by atoms with E-state index in [9.17, 15) is 0 Å². The van der Waals surface area contributed by atoms with E-state index >= 15 is 0 Å². The Kier molecular flexibility index (Phi) is 12.3. The Labute approximate surface area is 325 Å². The molecule has 1 atom stereocenters. The molecule has 8 aromatic rings. The maximum atomic E-state index is 2.68. The van der Waals surface area contributed by atoms with Gasteiger partial charge in [0.2, 0.25) is 0 Å². The minimum Gasteiger partial charge on any atom is -0.195 e. The summed E-state index contributed by atoms with van der Waals surface area (Å²) in [6, 6.07) is 87.6. The Morgan fingerprint density at radius 1 is 0.352 bits per heavy atom. The van der Waals surface area contributed by atoms with Gasteiger partial charge in [0, 0.05) is 23.3 Å². The van der Waals surface area contributed by atoms with Crippen molar-refractivity contribution in [1.29, 1.82) is 0 Å². The lowest BCUT2D eigenvalue weighted by Crippen LogP contribution is -2.74. The molecule has 0 radical (unpaired) electrons. The monoisotopic (exact) mass is 732 g/mol. The van der Waals surface area contributed by atoms with E-state index in [-0.39, 0.29) is 10.9 Å². The zero-order valence-electron chi connectivity index (χ0n) is 30.8. The highest BCUT2D eigenvalue weighted by Gasteiger charge is 2.32. The van der Waals surface area contributed by atoms with Crippen molar-refractivity contribution in [2.75, 3.05) is 6.26 Å². The Morgan fingerprint density at radius 2 is 0.593 bits per heavy atom. The number of hydrogen-bond donors (Lipinski definition) is 0. The molecule has 0 aliphatic heterocycles.